The lowest BCUT2D eigenvalue weighted by molar-refractivity contribution is -0.927. The number of quaternary nitrogens is 1. The minimum atomic E-state index is 0.110. The number of tetrazole rings is 1. The molecule has 1 aromatic heterocycles. The lowest BCUT2D eigenvalue weighted by atomic mass is 10.0. The Labute approximate surface area is 178 Å². The first-order valence-electron chi connectivity index (χ1n) is 10.6. The summed E-state index contributed by atoms with van der Waals surface area (Å²) in [5.74, 6) is 0.911. The molecule has 1 atom stereocenters. The van der Waals surface area contributed by atoms with Crippen molar-refractivity contribution in [3.8, 4) is 0 Å². The van der Waals surface area contributed by atoms with E-state index in [2.05, 4.69) is 82.8 Å². The predicted octanol–water partition coefficient (Wildman–Crippen LogP) is 1.43. The summed E-state index contributed by atoms with van der Waals surface area (Å²) in [6.07, 6.45) is 0. The highest BCUT2D eigenvalue weighted by molar-refractivity contribution is 5.56. The first kappa shape index (κ1) is 20.5. The van der Waals surface area contributed by atoms with Gasteiger partial charge < -0.3 is 14.5 Å². The number of hydrogen-bond acceptors (Lipinski definition) is 5. The zero-order valence-corrected chi connectivity index (χ0v) is 18.1. The summed E-state index contributed by atoms with van der Waals surface area (Å²) < 4.78 is 7.15. The molecule has 158 valence electrons. The Balaban J connectivity index is 1.57. The Kier molecular flexibility index (Phi) is 6.40. The van der Waals surface area contributed by atoms with Crippen molar-refractivity contribution >= 4 is 5.69 Å². The predicted molar refractivity (Wildman–Crippen MR) is 117 cm³/mol. The van der Waals surface area contributed by atoms with Crippen LogP contribution in [0, 0.1) is 13.8 Å². The molecule has 0 saturated carbocycles. The molecular weight excluding hydrogens is 376 g/mol. The van der Waals surface area contributed by atoms with E-state index in [1.807, 2.05) is 4.68 Å². The summed E-state index contributed by atoms with van der Waals surface area (Å²) in [5, 5.41) is 12.7. The summed E-state index contributed by atoms with van der Waals surface area (Å²) >= 11 is 0. The zero-order valence-electron chi connectivity index (χ0n) is 18.1. The topological polar surface area (TPSA) is 60.5 Å². The molecule has 0 aliphatic carbocycles. The monoisotopic (exact) mass is 407 g/mol. The lowest BCUT2D eigenvalue weighted by Crippen LogP contribution is -3.15. The van der Waals surface area contributed by atoms with Gasteiger partial charge in [-0.25, -0.2) is 4.68 Å². The van der Waals surface area contributed by atoms with Gasteiger partial charge >= 0.3 is 0 Å². The second-order valence-corrected chi connectivity index (χ2v) is 7.96. The maximum atomic E-state index is 5.26. The molecule has 1 aliphatic heterocycles. The van der Waals surface area contributed by atoms with E-state index in [0.29, 0.717) is 13.2 Å². The van der Waals surface area contributed by atoms with Crippen LogP contribution < -0.4 is 9.80 Å². The van der Waals surface area contributed by atoms with Crippen LogP contribution in [0.1, 0.15) is 28.6 Å². The molecule has 3 aromatic rings. The molecular formula is C23H31N6O+. The molecule has 0 bridgehead atoms. The van der Waals surface area contributed by atoms with Crippen LogP contribution in [-0.4, -0.2) is 60.1 Å². The van der Waals surface area contributed by atoms with Crippen LogP contribution in [0.3, 0.4) is 0 Å². The van der Waals surface area contributed by atoms with Gasteiger partial charge in [0.05, 0.1) is 39.3 Å². The fourth-order valence-corrected chi connectivity index (χ4v) is 4.37. The second-order valence-electron chi connectivity index (χ2n) is 7.96. The van der Waals surface area contributed by atoms with Crippen molar-refractivity contribution in [1.29, 1.82) is 0 Å². The van der Waals surface area contributed by atoms with Gasteiger partial charge in [-0.2, -0.15) is 0 Å². The molecule has 7 heteroatoms. The Hall–Kier alpha value is -2.77. The number of nitrogens with zero attached hydrogens (tertiary/aromatic N) is 5. The van der Waals surface area contributed by atoms with Crippen molar-refractivity contribution in [2.45, 2.75) is 26.4 Å². The minimum absolute atomic E-state index is 0.110. The Bertz CT molecular complexity index is 949. The molecule has 1 aliphatic rings. The number of hydrogen-bond donors (Lipinski definition) is 1. The molecule has 2 heterocycles. The summed E-state index contributed by atoms with van der Waals surface area (Å²) in [4.78, 5) is 4.01. The number of benzene rings is 2. The Morgan fingerprint density at radius 1 is 1.03 bits per heavy atom. The van der Waals surface area contributed by atoms with E-state index in [-0.39, 0.29) is 6.04 Å². The average Bonchev–Trinajstić information content (AvgIpc) is 3.24. The normalized spacial score (nSPS) is 16.0. The fourth-order valence-electron chi connectivity index (χ4n) is 4.37. The molecule has 7 nitrogen and oxygen atoms in total. The minimum Gasteiger partial charge on any atom is -0.383 e. The Morgan fingerprint density at radius 2 is 1.80 bits per heavy atom. The molecule has 30 heavy (non-hydrogen) atoms. The van der Waals surface area contributed by atoms with E-state index >= 15 is 0 Å². The maximum absolute atomic E-state index is 5.26. The zero-order chi connectivity index (χ0) is 20.9. The number of methoxy groups -OCH3 is 1. The third-order valence-electron chi connectivity index (χ3n) is 6.19. The van der Waals surface area contributed by atoms with Gasteiger partial charge in [0.25, 0.3) is 0 Å². The first-order chi connectivity index (χ1) is 14.7. The summed E-state index contributed by atoms with van der Waals surface area (Å²) in [7, 11) is 1.70. The summed E-state index contributed by atoms with van der Waals surface area (Å²) in [6, 6.07) is 17.3. The van der Waals surface area contributed by atoms with E-state index in [0.717, 1.165) is 32.0 Å². The Morgan fingerprint density at radius 3 is 2.53 bits per heavy atom. The highest BCUT2D eigenvalue weighted by atomic mass is 16.5. The lowest BCUT2D eigenvalue weighted by Gasteiger charge is -2.38. The quantitative estimate of drug-likeness (QED) is 0.642. The second kappa shape index (κ2) is 9.36. The maximum Gasteiger partial charge on any atom is 0.214 e. The van der Waals surface area contributed by atoms with Crippen LogP contribution in [0.5, 0.6) is 0 Å². The summed E-state index contributed by atoms with van der Waals surface area (Å²) in [6.45, 7) is 9.75. The van der Waals surface area contributed by atoms with E-state index in [9.17, 15) is 0 Å². The van der Waals surface area contributed by atoms with Crippen LogP contribution in [0.25, 0.3) is 0 Å². The number of nitrogens with one attached hydrogen (secondary N) is 1. The molecule has 4 rings (SSSR count). The van der Waals surface area contributed by atoms with E-state index in [1.165, 1.54) is 27.3 Å². The van der Waals surface area contributed by atoms with Gasteiger partial charge in [-0.05, 0) is 41.5 Å². The van der Waals surface area contributed by atoms with E-state index < -0.39 is 0 Å². The van der Waals surface area contributed by atoms with Crippen LogP contribution in [0.2, 0.25) is 0 Å². The first-order valence-corrected chi connectivity index (χ1v) is 10.6. The largest absolute Gasteiger partial charge is 0.383 e. The van der Waals surface area contributed by atoms with E-state index in [1.54, 1.807) is 7.11 Å². The standard InChI is InChI=1S/C23H30N6O/c1-18-8-7-11-21(19(18)2)27-12-14-28(15-13-27)22(20-9-5-4-6-10-20)23-24-25-26-29(23)16-17-30-3/h4-11,22H,12-17H2,1-3H3/p+1/t22-/m0/s1. The molecule has 1 fully saturated rings. The van der Waals surface area contributed by atoms with Crippen molar-refractivity contribution in [3.05, 3.63) is 71.0 Å². The SMILES string of the molecule is COCCn1nnnc1[C@H](c1ccccc1)[NH+]1CCN(c2cccc(C)c2C)CC1. The molecule has 0 spiro atoms. The van der Waals surface area contributed by atoms with Crippen LogP contribution in [-0.2, 0) is 11.3 Å². The molecule has 0 radical (unpaired) electrons. The van der Waals surface area contributed by atoms with Crippen LogP contribution in [0.4, 0.5) is 5.69 Å². The van der Waals surface area contributed by atoms with Gasteiger partial charge in [0.2, 0.25) is 5.82 Å². The average molecular weight is 408 g/mol. The van der Waals surface area contributed by atoms with E-state index in [4.69, 9.17) is 4.74 Å². The van der Waals surface area contributed by atoms with Crippen molar-refractivity contribution in [1.82, 2.24) is 20.2 Å². The van der Waals surface area contributed by atoms with Crippen molar-refractivity contribution < 1.29 is 9.64 Å². The number of anilines is 1. The van der Waals surface area contributed by atoms with Crippen molar-refractivity contribution in [2.75, 3.05) is 44.8 Å². The van der Waals surface area contributed by atoms with Gasteiger partial charge in [0.1, 0.15) is 0 Å². The highest BCUT2D eigenvalue weighted by Crippen LogP contribution is 2.23. The number of aromatic nitrogens is 4. The van der Waals surface area contributed by atoms with Crippen LogP contribution >= 0.6 is 0 Å². The van der Waals surface area contributed by atoms with Crippen LogP contribution in [0.15, 0.2) is 48.5 Å². The molecule has 0 amide bonds. The molecule has 2 aromatic carbocycles. The highest BCUT2D eigenvalue weighted by Gasteiger charge is 2.34. The van der Waals surface area contributed by atoms with Crippen molar-refractivity contribution in [3.63, 3.8) is 0 Å². The molecule has 0 unspecified atom stereocenters. The fraction of sp³-hybridized carbons (Fsp3) is 0.435. The van der Waals surface area contributed by atoms with Gasteiger partial charge in [0.15, 0.2) is 6.04 Å². The molecule has 1 saturated heterocycles. The number of piperazine rings is 1. The summed E-state index contributed by atoms with van der Waals surface area (Å²) in [5.41, 5.74) is 5.34. The third kappa shape index (κ3) is 4.22. The molecule has 1 N–H and O–H groups in total. The number of ether oxygens (including phenoxy) is 1. The van der Waals surface area contributed by atoms with Crippen molar-refractivity contribution in [2.24, 2.45) is 0 Å². The third-order valence-corrected chi connectivity index (χ3v) is 6.19. The van der Waals surface area contributed by atoms with Gasteiger partial charge in [-0.15, -0.1) is 5.10 Å². The van der Waals surface area contributed by atoms with Gasteiger partial charge in [0, 0.05) is 18.4 Å². The van der Waals surface area contributed by atoms with Gasteiger partial charge in [-0.1, -0.05) is 42.5 Å². The van der Waals surface area contributed by atoms with Gasteiger partial charge in [-0.3, -0.25) is 0 Å². The number of rotatable bonds is 7. The smallest absolute Gasteiger partial charge is 0.214 e. The number of aryl methyl sites for hydroxylation is 1.